The second-order valence-corrected chi connectivity index (χ2v) is 11.0. The standard InChI is InChI=1S/C25H26N4O3S2/c26-13-4-14-27-34(31,32)23-10-7-21(8-11-23)25(30)29-17-15-28(16-18-29)19-22-9-12-24(33-22)20-5-2-1-3-6-20/h1-3,5-12,27H,4,14-19H2. The van der Waals surface area contributed by atoms with Crippen LogP contribution in [0.1, 0.15) is 21.7 Å². The second kappa shape index (κ2) is 10.9. The van der Waals surface area contributed by atoms with Crippen LogP contribution in [0.2, 0.25) is 0 Å². The van der Waals surface area contributed by atoms with Gasteiger partial charge in [0.15, 0.2) is 0 Å². The number of nitrogens with zero attached hydrogens (tertiary/aromatic N) is 3. The molecule has 2 heterocycles. The summed E-state index contributed by atoms with van der Waals surface area (Å²) in [5, 5.41) is 8.56. The predicted octanol–water partition coefficient (Wildman–Crippen LogP) is 3.57. The Hall–Kier alpha value is -3.03. The lowest BCUT2D eigenvalue weighted by molar-refractivity contribution is 0.0629. The summed E-state index contributed by atoms with van der Waals surface area (Å²) in [5.74, 6) is -0.0940. The fourth-order valence-corrected chi connectivity index (χ4v) is 5.92. The van der Waals surface area contributed by atoms with Crippen molar-refractivity contribution in [2.75, 3.05) is 32.7 Å². The maximum Gasteiger partial charge on any atom is 0.253 e. The number of piperazine rings is 1. The molecule has 1 amide bonds. The van der Waals surface area contributed by atoms with E-state index in [1.54, 1.807) is 23.5 Å². The smallest absolute Gasteiger partial charge is 0.253 e. The van der Waals surface area contributed by atoms with Crippen molar-refractivity contribution in [3.8, 4) is 16.5 Å². The molecule has 0 bridgehead atoms. The Bertz CT molecular complexity index is 1260. The van der Waals surface area contributed by atoms with Gasteiger partial charge in [0.2, 0.25) is 10.0 Å². The monoisotopic (exact) mass is 494 g/mol. The highest BCUT2D eigenvalue weighted by molar-refractivity contribution is 7.89. The average molecular weight is 495 g/mol. The van der Waals surface area contributed by atoms with E-state index in [0.717, 1.165) is 19.6 Å². The first-order chi connectivity index (χ1) is 16.5. The van der Waals surface area contributed by atoms with E-state index in [9.17, 15) is 13.2 Å². The van der Waals surface area contributed by atoms with Crippen LogP contribution in [0.3, 0.4) is 0 Å². The summed E-state index contributed by atoms with van der Waals surface area (Å²) in [4.78, 5) is 19.7. The van der Waals surface area contributed by atoms with Gasteiger partial charge < -0.3 is 4.90 Å². The largest absolute Gasteiger partial charge is 0.336 e. The van der Waals surface area contributed by atoms with E-state index in [0.29, 0.717) is 18.7 Å². The van der Waals surface area contributed by atoms with E-state index in [1.165, 1.54) is 27.5 Å². The van der Waals surface area contributed by atoms with Crippen LogP contribution < -0.4 is 4.72 Å². The van der Waals surface area contributed by atoms with Crippen molar-refractivity contribution < 1.29 is 13.2 Å². The van der Waals surface area contributed by atoms with Crippen molar-refractivity contribution in [3.63, 3.8) is 0 Å². The fourth-order valence-electron chi connectivity index (χ4n) is 3.83. The van der Waals surface area contributed by atoms with E-state index >= 15 is 0 Å². The van der Waals surface area contributed by atoms with Gasteiger partial charge in [-0.15, -0.1) is 11.3 Å². The molecular weight excluding hydrogens is 468 g/mol. The van der Waals surface area contributed by atoms with Crippen molar-refractivity contribution in [1.29, 1.82) is 5.26 Å². The summed E-state index contributed by atoms with van der Waals surface area (Å²) < 4.78 is 26.8. The minimum Gasteiger partial charge on any atom is -0.336 e. The number of carbonyl (C=O) groups excluding carboxylic acids is 1. The lowest BCUT2D eigenvalue weighted by Gasteiger charge is -2.34. The highest BCUT2D eigenvalue weighted by Gasteiger charge is 2.23. The maximum atomic E-state index is 12.9. The quantitative estimate of drug-likeness (QED) is 0.483. The Labute approximate surface area is 204 Å². The summed E-state index contributed by atoms with van der Waals surface area (Å²) in [6, 6.07) is 22.5. The van der Waals surface area contributed by atoms with Crippen LogP contribution in [-0.2, 0) is 16.6 Å². The number of benzene rings is 2. The molecule has 1 aromatic heterocycles. The summed E-state index contributed by atoms with van der Waals surface area (Å²) in [6.45, 7) is 3.77. The van der Waals surface area contributed by atoms with Gasteiger partial charge in [-0.05, 0) is 42.0 Å². The molecule has 0 unspecified atom stereocenters. The van der Waals surface area contributed by atoms with E-state index in [1.807, 2.05) is 29.2 Å². The molecule has 7 nitrogen and oxygen atoms in total. The molecule has 0 aliphatic carbocycles. The number of hydrogen-bond donors (Lipinski definition) is 1. The Kier molecular flexibility index (Phi) is 7.75. The molecule has 1 aliphatic rings. The number of carbonyl (C=O) groups is 1. The van der Waals surface area contributed by atoms with Crippen LogP contribution in [0.15, 0.2) is 71.6 Å². The number of hydrogen-bond acceptors (Lipinski definition) is 6. The number of rotatable bonds is 8. The SMILES string of the molecule is N#CCCNS(=O)(=O)c1ccc(C(=O)N2CCN(Cc3ccc(-c4ccccc4)s3)CC2)cc1. The normalized spacial score (nSPS) is 14.6. The maximum absolute atomic E-state index is 12.9. The van der Waals surface area contributed by atoms with Crippen molar-refractivity contribution in [2.24, 2.45) is 0 Å². The molecule has 34 heavy (non-hydrogen) atoms. The summed E-state index contributed by atoms with van der Waals surface area (Å²) in [6.07, 6.45) is 0.0997. The zero-order chi connectivity index (χ0) is 24.0. The van der Waals surface area contributed by atoms with Crippen molar-refractivity contribution >= 4 is 27.3 Å². The molecule has 0 atom stereocenters. The molecule has 0 spiro atoms. The van der Waals surface area contributed by atoms with Gasteiger partial charge in [0.25, 0.3) is 5.91 Å². The third-order valence-corrected chi connectivity index (χ3v) is 8.30. The molecular formula is C25H26N4O3S2. The van der Waals surface area contributed by atoms with Gasteiger partial charge >= 0.3 is 0 Å². The molecule has 2 aromatic carbocycles. The van der Waals surface area contributed by atoms with Crippen LogP contribution in [-0.4, -0.2) is 56.8 Å². The first-order valence-corrected chi connectivity index (χ1v) is 13.4. The molecule has 0 radical (unpaired) electrons. The molecule has 9 heteroatoms. The third-order valence-electron chi connectivity index (χ3n) is 5.70. The van der Waals surface area contributed by atoms with Gasteiger partial charge in [-0.1, -0.05) is 30.3 Å². The molecule has 4 rings (SSSR count). The van der Waals surface area contributed by atoms with Crippen LogP contribution in [0.25, 0.3) is 10.4 Å². The fraction of sp³-hybridized carbons (Fsp3) is 0.280. The van der Waals surface area contributed by atoms with Crippen molar-refractivity contribution in [1.82, 2.24) is 14.5 Å². The molecule has 0 saturated carbocycles. The van der Waals surface area contributed by atoms with Crippen molar-refractivity contribution in [3.05, 3.63) is 77.2 Å². The average Bonchev–Trinajstić information content (AvgIpc) is 3.33. The third kappa shape index (κ3) is 5.90. The number of sulfonamides is 1. The lowest BCUT2D eigenvalue weighted by Crippen LogP contribution is -2.48. The highest BCUT2D eigenvalue weighted by atomic mass is 32.2. The van der Waals surface area contributed by atoms with Gasteiger partial charge in [0, 0.05) is 61.0 Å². The van der Waals surface area contributed by atoms with E-state index < -0.39 is 10.0 Å². The van der Waals surface area contributed by atoms with Gasteiger partial charge in [-0.2, -0.15) is 5.26 Å². The number of amides is 1. The minimum atomic E-state index is -3.68. The Morgan fingerprint density at radius 1 is 0.971 bits per heavy atom. The molecule has 3 aromatic rings. The molecule has 176 valence electrons. The van der Waals surface area contributed by atoms with Gasteiger partial charge in [-0.25, -0.2) is 13.1 Å². The lowest BCUT2D eigenvalue weighted by atomic mass is 10.2. The van der Waals surface area contributed by atoms with Gasteiger partial charge in [-0.3, -0.25) is 9.69 Å². The van der Waals surface area contributed by atoms with Gasteiger partial charge in [0.1, 0.15) is 0 Å². The molecule has 1 saturated heterocycles. The van der Waals surface area contributed by atoms with Crippen LogP contribution in [0.4, 0.5) is 0 Å². The van der Waals surface area contributed by atoms with Crippen LogP contribution >= 0.6 is 11.3 Å². The van der Waals surface area contributed by atoms with Gasteiger partial charge in [0.05, 0.1) is 11.0 Å². The molecule has 1 N–H and O–H groups in total. The van der Waals surface area contributed by atoms with Crippen LogP contribution in [0, 0.1) is 11.3 Å². The zero-order valence-corrected chi connectivity index (χ0v) is 20.3. The van der Waals surface area contributed by atoms with Crippen LogP contribution in [0.5, 0.6) is 0 Å². The second-order valence-electron chi connectivity index (χ2n) is 8.03. The topological polar surface area (TPSA) is 93.5 Å². The summed E-state index contributed by atoms with van der Waals surface area (Å²) in [7, 11) is -3.68. The number of thiophene rings is 1. The Morgan fingerprint density at radius 3 is 2.35 bits per heavy atom. The molecule has 1 aliphatic heterocycles. The minimum absolute atomic E-state index is 0.0584. The summed E-state index contributed by atoms with van der Waals surface area (Å²) >= 11 is 1.80. The first-order valence-electron chi connectivity index (χ1n) is 11.1. The van der Waals surface area contributed by atoms with E-state index in [-0.39, 0.29) is 23.8 Å². The Morgan fingerprint density at radius 2 is 1.68 bits per heavy atom. The number of nitrogens with one attached hydrogen (secondary N) is 1. The Balaban J connectivity index is 1.30. The highest BCUT2D eigenvalue weighted by Crippen LogP contribution is 2.28. The molecule has 1 fully saturated rings. The van der Waals surface area contributed by atoms with Crippen molar-refractivity contribution in [2.45, 2.75) is 17.9 Å². The predicted molar refractivity (Wildman–Crippen MR) is 133 cm³/mol. The first kappa shape index (κ1) is 24.1. The van der Waals surface area contributed by atoms with E-state index in [2.05, 4.69) is 33.9 Å². The summed E-state index contributed by atoms with van der Waals surface area (Å²) in [5.41, 5.74) is 1.70. The van der Waals surface area contributed by atoms with E-state index in [4.69, 9.17) is 5.26 Å². The number of nitriles is 1. The zero-order valence-electron chi connectivity index (χ0n) is 18.7.